The van der Waals surface area contributed by atoms with Crippen molar-refractivity contribution < 1.29 is 4.74 Å². The van der Waals surface area contributed by atoms with Crippen molar-refractivity contribution in [2.45, 2.75) is 57.1 Å². The van der Waals surface area contributed by atoms with Crippen LogP contribution in [-0.2, 0) is 18.2 Å². The predicted molar refractivity (Wildman–Crippen MR) is 75.0 cm³/mol. The lowest BCUT2D eigenvalue weighted by Gasteiger charge is -2.43. The molecule has 1 aliphatic carbocycles. The largest absolute Gasteiger partial charge is 0.378 e. The van der Waals surface area contributed by atoms with Crippen LogP contribution < -0.4 is 5.32 Å². The molecule has 0 saturated heterocycles. The highest BCUT2D eigenvalue weighted by atomic mass is 16.5. The lowest BCUT2D eigenvalue weighted by atomic mass is 9.75. The Morgan fingerprint density at radius 2 is 2.32 bits per heavy atom. The Bertz CT molecular complexity index is 381. The third kappa shape index (κ3) is 3.76. The van der Waals surface area contributed by atoms with Gasteiger partial charge in [-0.3, -0.25) is 4.68 Å². The molecule has 0 aliphatic heterocycles. The molecule has 1 saturated carbocycles. The lowest BCUT2D eigenvalue weighted by Crippen LogP contribution is -2.46. The van der Waals surface area contributed by atoms with Crippen LogP contribution in [-0.4, -0.2) is 40.3 Å². The summed E-state index contributed by atoms with van der Waals surface area (Å²) in [6, 6.07) is 0.428. The zero-order valence-electron chi connectivity index (χ0n) is 12.4. The number of aryl methyl sites for hydroxylation is 1. The van der Waals surface area contributed by atoms with E-state index in [1.165, 1.54) is 19.3 Å². The average molecular weight is 266 g/mol. The van der Waals surface area contributed by atoms with Crippen molar-refractivity contribution in [3.05, 3.63) is 11.9 Å². The molecule has 0 aromatic carbocycles. The van der Waals surface area contributed by atoms with Gasteiger partial charge < -0.3 is 10.1 Å². The van der Waals surface area contributed by atoms with Crippen molar-refractivity contribution in [3.63, 3.8) is 0 Å². The highest BCUT2D eigenvalue weighted by molar-refractivity contribution is 5.00. The quantitative estimate of drug-likeness (QED) is 0.778. The monoisotopic (exact) mass is 266 g/mol. The summed E-state index contributed by atoms with van der Waals surface area (Å²) in [4.78, 5) is 0. The van der Waals surface area contributed by atoms with Crippen molar-refractivity contribution in [3.8, 4) is 0 Å². The van der Waals surface area contributed by atoms with Gasteiger partial charge in [-0.05, 0) is 38.6 Å². The van der Waals surface area contributed by atoms with Crippen LogP contribution in [0.2, 0.25) is 0 Å². The molecule has 0 radical (unpaired) electrons. The molecule has 1 unspecified atom stereocenters. The summed E-state index contributed by atoms with van der Waals surface area (Å²) in [5.41, 5.74) is 1.16. The zero-order chi connectivity index (χ0) is 13.7. The Labute approximate surface area is 115 Å². The molecule has 1 N–H and O–H groups in total. The third-order valence-electron chi connectivity index (χ3n) is 4.10. The van der Waals surface area contributed by atoms with E-state index < -0.39 is 0 Å². The van der Waals surface area contributed by atoms with E-state index in [2.05, 4.69) is 22.6 Å². The predicted octanol–water partition coefficient (Wildman–Crippen LogP) is 1.68. The van der Waals surface area contributed by atoms with Crippen LogP contribution >= 0.6 is 0 Å². The number of nitrogens with one attached hydrogen (secondary N) is 1. The maximum absolute atomic E-state index is 5.75. The molecule has 5 nitrogen and oxygen atoms in total. The number of rotatable bonds is 8. The second-order valence-corrected chi connectivity index (χ2v) is 5.68. The number of hydrogen-bond acceptors (Lipinski definition) is 4. The Kier molecular flexibility index (Phi) is 4.93. The van der Waals surface area contributed by atoms with Crippen LogP contribution in [0.4, 0.5) is 0 Å². The average Bonchev–Trinajstić information content (AvgIpc) is 2.76. The molecule has 0 bridgehead atoms. The molecule has 1 heterocycles. The Morgan fingerprint density at radius 1 is 1.53 bits per heavy atom. The SMILES string of the molecule is CCCNC(Cc1cn(C)nn1)CC1(OC)CCC1. The van der Waals surface area contributed by atoms with Crippen LogP contribution in [0.25, 0.3) is 0 Å². The smallest absolute Gasteiger partial charge is 0.0842 e. The van der Waals surface area contributed by atoms with Crippen LogP contribution in [0.5, 0.6) is 0 Å². The van der Waals surface area contributed by atoms with Crippen LogP contribution in [0.3, 0.4) is 0 Å². The number of hydrogen-bond donors (Lipinski definition) is 1. The van der Waals surface area contributed by atoms with Gasteiger partial charge >= 0.3 is 0 Å². The Hall–Kier alpha value is -0.940. The molecule has 108 valence electrons. The Morgan fingerprint density at radius 3 is 2.79 bits per heavy atom. The van der Waals surface area contributed by atoms with Crippen LogP contribution in [0, 0.1) is 0 Å². The first-order valence-corrected chi connectivity index (χ1v) is 7.31. The van der Waals surface area contributed by atoms with E-state index in [1.807, 2.05) is 20.4 Å². The first-order valence-electron chi connectivity index (χ1n) is 7.31. The zero-order valence-corrected chi connectivity index (χ0v) is 12.4. The number of aromatic nitrogens is 3. The summed E-state index contributed by atoms with van der Waals surface area (Å²) >= 11 is 0. The molecule has 0 spiro atoms. The standard InChI is InChI=1S/C14H26N4O/c1-4-8-15-12(9-13-11-18(2)17-16-13)10-14(19-3)6-5-7-14/h11-12,15H,4-10H2,1-3H3. The molecule has 1 fully saturated rings. The number of nitrogens with zero attached hydrogens (tertiary/aromatic N) is 3. The van der Waals surface area contributed by atoms with E-state index in [9.17, 15) is 0 Å². The van der Waals surface area contributed by atoms with Gasteiger partial charge in [0.25, 0.3) is 0 Å². The van der Waals surface area contributed by atoms with Crippen LogP contribution in [0.1, 0.15) is 44.7 Å². The van der Waals surface area contributed by atoms with Gasteiger partial charge in [0, 0.05) is 32.8 Å². The molecule has 1 aromatic rings. The molecular weight excluding hydrogens is 240 g/mol. The normalized spacial score (nSPS) is 19.1. The minimum absolute atomic E-state index is 0.105. The fourth-order valence-corrected chi connectivity index (χ4v) is 2.82. The van der Waals surface area contributed by atoms with E-state index in [1.54, 1.807) is 4.68 Å². The third-order valence-corrected chi connectivity index (χ3v) is 4.10. The molecule has 19 heavy (non-hydrogen) atoms. The van der Waals surface area contributed by atoms with Crippen molar-refractivity contribution in [2.75, 3.05) is 13.7 Å². The molecule has 1 aliphatic rings. The lowest BCUT2D eigenvalue weighted by molar-refractivity contribution is -0.0834. The van der Waals surface area contributed by atoms with Crippen molar-refractivity contribution >= 4 is 0 Å². The van der Waals surface area contributed by atoms with Gasteiger partial charge in [-0.25, -0.2) is 0 Å². The molecular formula is C14H26N4O. The molecule has 0 amide bonds. The minimum atomic E-state index is 0.105. The van der Waals surface area contributed by atoms with Crippen LogP contribution in [0.15, 0.2) is 6.20 Å². The fraction of sp³-hybridized carbons (Fsp3) is 0.857. The molecule has 1 aromatic heterocycles. The molecule has 2 rings (SSSR count). The topological polar surface area (TPSA) is 52.0 Å². The second kappa shape index (κ2) is 6.48. The van der Waals surface area contributed by atoms with Gasteiger partial charge in [0.15, 0.2) is 0 Å². The first-order chi connectivity index (χ1) is 9.17. The fourth-order valence-electron chi connectivity index (χ4n) is 2.82. The maximum atomic E-state index is 5.75. The number of methoxy groups -OCH3 is 1. The van der Waals surface area contributed by atoms with Crippen molar-refractivity contribution in [1.29, 1.82) is 0 Å². The van der Waals surface area contributed by atoms with E-state index in [0.717, 1.165) is 31.5 Å². The molecule has 1 atom stereocenters. The van der Waals surface area contributed by atoms with Crippen molar-refractivity contribution in [2.24, 2.45) is 7.05 Å². The summed E-state index contributed by atoms with van der Waals surface area (Å²) < 4.78 is 7.51. The van der Waals surface area contributed by atoms with E-state index >= 15 is 0 Å². The number of ether oxygens (including phenoxy) is 1. The first kappa shape index (κ1) is 14.5. The highest BCUT2D eigenvalue weighted by Gasteiger charge is 2.39. The summed E-state index contributed by atoms with van der Waals surface area (Å²) in [5.74, 6) is 0. The van der Waals surface area contributed by atoms with Gasteiger partial charge in [-0.15, -0.1) is 5.10 Å². The Balaban J connectivity index is 1.94. The minimum Gasteiger partial charge on any atom is -0.378 e. The van der Waals surface area contributed by atoms with E-state index in [-0.39, 0.29) is 5.60 Å². The summed E-state index contributed by atoms with van der Waals surface area (Å²) in [6.07, 6.45) is 8.82. The van der Waals surface area contributed by atoms with Gasteiger partial charge in [0.05, 0.1) is 11.3 Å². The summed E-state index contributed by atoms with van der Waals surface area (Å²) in [6.45, 7) is 3.24. The second-order valence-electron chi connectivity index (χ2n) is 5.68. The van der Waals surface area contributed by atoms with E-state index in [0.29, 0.717) is 6.04 Å². The highest BCUT2D eigenvalue weighted by Crippen LogP contribution is 2.39. The molecule has 5 heteroatoms. The summed E-state index contributed by atoms with van der Waals surface area (Å²) in [5, 5.41) is 11.8. The maximum Gasteiger partial charge on any atom is 0.0842 e. The van der Waals surface area contributed by atoms with Crippen molar-refractivity contribution in [1.82, 2.24) is 20.3 Å². The van der Waals surface area contributed by atoms with E-state index in [4.69, 9.17) is 4.74 Å². The van der Waals surface area contributed by atoms with Gasteiger partial charge in [-0.2, -0.15) is 0 Å². The van der Waals surface area contributed by atoms with Gasteiger partial charge in [-0.1, -0.05) is 12.1 Å². The van der Waals surface area contributed by atoms with Gasteiger partial charge in [0.2, 0.25) is 0 Å². The van der Waals surface area contributed by atoms with Gasteiger partial charge in [0.1, 0.15) is 0 Å². The summed E-state index contributed by atoms with van der Waals surface area (Å²) in [7, 11) is 3.76.